The van der Waals surface area contributed by atoms with Crippen molar-refractivity contribution < 1.29 is 37.7 Å². The number of oxazole rings is 1. The van der Waals surface area contributed by atoms with Crippen molar-refractivity contribution in [2.45, 2.75) is 51.6 Å². The van der Waals surface area contributed by atoms with Crippen molar-refractivity contribution in [1.29, 1.82) is 0 Å². The van der Waals surface area contributed by atoms with Crippen molar-refractivity contribution in [2.75, 3.05) is 6.61 Å². The molecule has 1 saturated heterocycles. The van der Waals surface area contributed by atoms with Gasteiger partial charge in [0, 0.05) is 32.8 Å². The van der Waals surface area contributed by atoms with Gasteiger partial charge in [-0.25, -0.2) is 4.98 Å². The molecule has 1 aliphatic heterocycles. The highest BCUT2D eigenvalue weighted by Crippen LogP contribution is 2.39. The van der Waals surface area contributed by atoms with Crippen LogP contribution >= 0.6 is 0 Å². The Labute approximate surface area is 195 Å². The molecule has 4 rings (SSSR count). The van der Waals surface area contributed by atoms with E-state index in [1.165, 1.54) is 20.8 Å². The zero-order valence-corrected chi connectivity index (χ0v) is 19.1. The van der Waals surface area contributed by atoms with E-state index in [0.717, 1.165) is 11.1 Å². The minimum Gasteiger partial charge on any atom is -0.463 e. The SMILES string of the molecule is CC(=O)OC[C@H]1O[C@H](c2ccccc2-c2nc3ccccc3o2)C[C@@H](OC(C)=O)[C@@H]1OC(C)=O. The van der Waals surface area contributed by atoms with Crippen LogP contribution in [-0.4, -0.2) is 47.8 Å². The lowest BCUT2D eigenvalue weighted by Gasteiger charge is -2.40. The van der Waals surface area contributed by atoms with Crippen LogP contribution in [0.3, 0.4) is 0 Å². The molecule has 0 spiro atoms. The maximum atomic E-state index is 11.8. The Morgan fingerprint density at radius 2 is 1.65 bits per heavy atom. The van der Waals surface area contributed by atoms with Crippen molar-refractivity contribution >= 4 is 29.0 Å². The largest absolute Gasteiger partial charge is 0.463 e. The predicted molar refractivity (Wildman–Crippen MR) is 119 cm³/mol. The summed E-state index contributed by atoms with van der Waals surface area (Å²) >= 11 is 0. The molecule has 2 heterocycles. The van der Waals surface area contributed by atoms with E-state index in [-0.39, 0.29) is 13.0 Å². The van der Waals surface area contributed by atoms with Crippen molar-refractivity contribution in [3.05, 3.63) is 54.1 Å². The molecule has 3 aromatic rings. The summed E-state index contributed by atoms with van der Waals surface area (Å²) < 4.78 is 28.3. The Kier molecular flexibility index (Phi) is 6.93. The smallest absolute Gasteiger partial charge is 0.303 e. The third-order valence-electron chi connectivity index (χ3n) is 5.42. The van der Waals surface area contributed by atoms with Gasteiger partial charge in [-0.1, -0.05) is 30.3 Å². The fourth-order valence-electron chi connectivity index (χ4n) is 4.09. The number of nitrogens with zero attached hydrogens (tertiary/aromatic N) is 1. The zero-order valence-electron chi connectivity index (χ0n) is 19.1. The fraction of sp³-hybridized carbons (Fsp3) is 0.360. The van der Waals surface area contributed by atoms with E-state index in [2.05, 4.69) is 4.98 Å². The molecular formula is C25H25NO8. The van der Waals surface area contributed by atoms with Crippen molar-refractivity contribution in [3.8, 4) is 11.5 Å². The predicted octanol–water partition coefficient (Wildman–Crippen LogP) is 3.75. The fourth-order valence-corrected chi connectivity index (χ4v) is 4.09. The van der Waals surface area contributed by atoms with Gasteiger partial charge in [0.2, 0.25) is 5.89 Å². The van der Waals surface area contributed by atoms with Gasteiger partial charge in [0.05, 0.1) is 6.10 Å². The number of esters is 3. The topological polar surface area (TPSA) is 114 Å². The van der Waals surface area contributed by atoms with Crippen LogP contribution in [0.15, 0.2) is 52.9 Å². The highest BCUT2D eigenvalue weighted by molar-refractivity contribution is 5.76. The van der Waals surface area contributed by atoms with E-state index in [0.29, 0.717) is 17.0 Å². The van der Waals surface area contributed by atoms with Gasteiger partial charge in [-0.3, -0.25) is 14.4 Å². The van der Waals surface area contributed by atoms with Crippen molar-refractivity contribution in [1.82, 2.24) is 4.98 Å². The molecule has 1 fully saturated rings. The van der Waals surface area contributed by atoms with Crippen LogP contribution < -0.4 is 0 Å². The molecule has 9 heteroatoms. The third-order valence-corrected chi connectivity index (χ3v) is 5.42. The van der Waals surface area contributed by atoms with Crippen molar-refractivity contribution in [2.24, 2.45) is 0 Å². The number of carbonyl (C=O) groups excluding carboxylic acids is 3. The molecule has 4 atom stereocenters. The van der Waals surface area contributed by atoms with E-state index >= 15 is 0 Å². The Morgan fingerprint density at radius 3 is 2.35 bits per heavy atom. The lowest BCUT2D eigenvalue weighted by atomic mass is 9.91. The molecule has 178 valence electrons. The molecule has 0 aliphatic carbocycles. The lowest BCUT2D eigenvalue weighted by molar-refractivity contribution is -0.216. The molecule has 1 aromatic heterocycles. The van der Waals surface area contributed by atoms with Crippen LogP contribution in [-0.2, 0) is 33.3 Å². The zero-order chi connectivity index (χ0) is 24.2. The van der Waals surface area contributed by atoms with Crippen LogP contribution in [0, 0.1) is 0 Å². The van der Waals surface area contributed by atoms with Crippen LogP contribution in [0.1, 0.15) is 38.9 Å². The van der Waals surface area contributed by atoms with E-state index in [4.69, 9.17) is 23.4 Å². The number of aromatic nitrogens is 1. The number of para-hydroxylation sites is 2. The summed E-state index contributed by atoms with van der Waals surface area (Å²) in [5.74, 6) is -1.18. The van der Waals surface area contributed by atoms with Gasteiger partial charge in [0.1, 0.15) is 24.3 Å². The van der Waals surface area contributed by atoms with Gasteiger partial charge in [0.15, 0.2) is 11.7 Å². The molecule has 0 unspecified atom stereocenters. The lowest BCUT2D eigenvalue weighted by Crippen LogP contribution is -2.51. The molecule has 2 aromatic carbocycles. The van der Waals surface area contributed by atoms with Gasteiger partial charge >= 0.3 is 17.9 Å². The maximum absolute atomic E-state index is 11.8. The maximum Gasteiger partial charge on any atom is 0.303 e. The van der Waals surface area contributed by atoms with E-state index < -0.39 is 42.3 Å². The second-order valence-corrected chi connectivity index (χ2v) is 8.00. The Balaban J connectivity index is 1.71. The minimum atomic E-state index is -0.937. The number of ether oxygens (including phenoxy) is 4. The van der Waals surface area contributed by atoms with Crippen LogP contribution in [0.25, 0.3) is 22.6 Å². The Bertz CT molecular complexity index is 1170. The molecule has 34 heavy (non-hydrogen) atoms. The molecule has 1 aliphatic rings. The summed E-state index contributed by atoms with van der Waals surface area (Å²) in [6.45, 7) is 3.63. The number of benzene rings is 2. The summed E-state index contributed by atoms with van der Waals surface area (Å²) in [5, 5.41) is 0. The van der Waals surface area contributed by atoms with Gasteiger partial charge in [-0.2, -0.15) is 0 Å². The second-order valence-electron chi connectivity index (χ2n) is 8.00. The average Bonchev–Trinajstić information content (AvgIpc) is 3.22. The quantitative estimate of drug-likeness (QED) is 0.395. The first-order valence-electron chi connectivity index (χ1n) is 10.9. The van der Waals surface area contributed by atoms with Gasteiger partial charge in [-0.15, -0.1) is 0 Å². The summed E-state index contributed by atoms with van der Waals surface area (Å²) in [6, 6.07) is 14.9. The van der Waals surface area contributed by atoms with E-state index in [1.807, 2.05) is 48.5 Å². The molecule has 0 radical (unpaired) electrons. The highest BCUT2D eigenvalue weighted by Gasteiger charge is 2.44. The van der Waals surface area contributed by atoms with E-state index in [1.54, 1.807) is 0 Å². The van der Waals surface area contributed by atoms with Crippen LogP contribution in [0.2, 0.25) is 0 Å². The van der Waals surface area contributed by atoms with Gasteiger partial charge in [0.25, 0.3) is 0 Å². The molecule has 0 amide bonds. The summed E-state index contributed by atoms with van der Waals surface area (Å²) in [4.78, 5) is 39.6. The van der Waals surface area contributed by atoms with Crippen molar-refractivity contribution in [3.63, 3.8) is 0 Å². The number of rotatable bonds is 6. The Morgan fingerprint density at radius 1 is 0.941 bits per heavy atom. The van der Waals surface area contributed by atoms with Crippen LogP contribution in [0.4, 0.5) is 0 Å². The first-order chi connectivity index (χ1) is 16.3. The monoisotopic (exact) mass is 467 g/mol. The molecular weight excluding hydrogens is 442 g/mol. The van der Waals surface area contributed by atoms with E-state index in [9.17, 15) is 14.4 Å². The molecule has 9 nitrogen and oxygen atoms in total. The number of fused-ring (bicyclic) bond motifs is 1. The number of hydrogen-bond donors (Lipinski definition) is 0. The average molecular weight is 467 g/mol. The molecule has 0 saturated carbocycles. The first-order valence-corrected chi connectivity index (χ1v) is 10.9. The summed E-state index contributed by atoms with van der Waals surface area (Å²) in [5.41, 5.74) is 2.83. The molecule has 0 bridgehead atoms. The third kappa shape index (κ3) is 5.26. The minimum absolute atomic E-state index is 0.174. The number of hydrogen-bond acceptors (Lipinski definition) is 9. The van der Waals surface area contributed by atoms with Crippen LogP contribution in [0.5, 0.6) is 0 Å². The summed E-state index contributed by atoms with van der Waals surface area (Å²) in [7, 11) is 0. The Hall–Kier alpha value is -3.72. The van der Waals surface area contributed by atoms with Gasteiger partial charge < -0.3 is 23.4 Å². The normalized spacial score (nSPS) is 22.2. The second kappa shape index (κ2) is 10.0. The highest BCUT2D eigenvalue weighted by atomic mass is 16.6. The first kappa shape index (κ1) is 23.4. The van der Waals surface area contributed by atoms with Gasteiger partial charge in [-0.05, 0) is 23.8 Å². The summed E-state index contributed by atoms with van der Waals surface area (Å²) in [6.07, 6.45) is -2.97. The number of carbonyl (C=O) groups is 3. The standard InChI is InChI=1S/C25H25NO8/c1-14(27)30-13-23-24(32-16(3)29)22(31-15(2)28)12-21(33-23)17-8-4-5-9-18(17)25-26-19-10-6-7-11-20(19)34-25/h4-11,21-24H,12-13H2,1-3H3/t21-,22+,23+,24-/m0/s1. The molecule has 0 N–H and O–H groups in total.